The number of carbonyl (C=O) groups is 1. The molecular weight excluding hydrogens is 314 g/mol. The highest BCUT2D eigenvalue weighted by Gasteiger charge is 2.20. The van der Waals surface area contributed by atoms with Gasteiger partial charge in [-0.15, -0.1) is 10.2 Å². The number of hydrogen-bond acceptors (Lipinski definition) is 3. The van der Waals surface area contributed by atoms with Crippen LogP contribution in [0.25, 0.3) is 0 Å². The molecule has 4 rings (SSSR count). The molecule has 0 radical (unpaired) electrons. The van der Waals surface area contributed by atoms with E-state index in [1.54, 1.807) is 0 Å². The summed E-state index contributed by atoms with van der Waals surface area (Å²) in [5.41, 5.74) is 2.82. The molecule has 1 aromatic carbocycles. The molecule has 1 aliphatic heterocycles. The van der Waals surface area contributed by atoms with E-state index in [4.69, 9.17) is 0 Å². The van der Waals surface area contributed by atoms with Crippen molar-refractivity contribution in [2.24, 2.45) is 0 Å². The minimum absolute atomic E-state index is 0.129. The number of nitrogens with one attached hydrogen (secondary N) is 2. The maximum absolute atomic E-state index is 12.2. The van der Waals surface area contributed by atoms with Crippen molar-refractivity contribution in [2.45, 2.75) is 57.5 Å². The van der Waals surface area contributed by atoms with Crippen molar-refractivity contribution in [3.05, 3.63) is 47.0 Å². The Bertz CT molecular complexity index is 754. The number of amides is 2. The van der Waals surface area contributed by atoms with Gasteiger partial charge in [-0.3, -0.25) is 0 Å². The largest absolute Gasteiger partial charge is 0.338 e. The van der Waals surface area contributed by atoms with Crippen molar-refractivity contribution in [3.63, 3.8) is 0 Å². The van der Waals surface area contributed by atoms with Crippen LogP contribution in [0.15, 0.2) is 24.3 Å². The molecule has 1 aliphatic carbocycles. The van der Waals surface area contributed by atoms with E-state index < -0.39 is 0 Å². The lowest BCUT2D eigenvalue weighted by Gasteiger charge is -2.25. The fourth-order valence-electron chi connectivity index (χ4n) is 4.00. The Morgan fingerprint density at radius 1 is 1.12 bits per heavy atom. The Morgan fingerprint density at radius 3 is 3.00 bits per heavy atom. The summed E-state index contributed by atoms with van der Waals surface area (Å²) in [6.07, 6.45) is 6.79. The predicted octanol–water partition coefficient (Wildman–Crippen LogP) is 2.53. The predicted molar refractivity (Wildman–Crippen MR) is 95.3 cm³/mol. The van der Waals surface area contributed by atoms with Gasteiger partial charge >= 0.3 is 6.03 Å². The molecule has 2 heterocycles. The summed E-state index contributed by atoms with van der Waals surface area (Å²) < 4.78 is 2.14. The summed E-state index contributed by atoms with van der Waals surface area (Å²) in [6, 6.07) is 8.46. The van der Waals surface area contributed by atoms with Crippen molar-refractivity contribution in [1.29, 1.82) is 0 Å². The number of hydrogen-bond donors (Lipinski definition) is 2. The van der Waals surface area contributed by atoms with Gasteiger partial charge in [0.05, 0.1) is 6.54 Å². The number of urea groups is 1. The van der Waals surface area contributed by atoms with Gasteiger partial charge in [-0.25, -0.2) is 4.79 Å². The van der Waals surface area contributed by atoms with Crippen LogP contribution in [0.1, 0.15) is 54.4 Å². The summed E-state index contributed by atoms with van der Waals surface area (Å²) in [5, 5.41) is 14.4. The van der Waals surface area contributed by atoms with Crippen molar-refractivity contribution < 1.29 is 4.79 Å². The van der Waals surface area contributed by atoms with Crippen LogP contribution in [-0.2, 0) is 25.9 Å². The molecule has 0 saturated heterocycles. The van der Waals surface area contributed by atoms with E-state index in [1.165, 1.54) is 24.0 Å². The number of fused-ring (bicyclic) bond motifs is 2. The van der Waals surface area contributed by atoms with Gasteiger partial charge in [0.25, 0.3) is 0 Å². The zero-order valence-electron chi connectivity index (χ0n) is 14.5. The first-order valence-corrected chi connectivity index (χ1v) is 9.32. The lowest BCUT2D eigenvalue weighted by Crippen LogP contribution is -2.38. The molecule has 2 aliphatic rings. The molecule has 25 heavy (non-hydrogen) atoms. The monoisotopic (exact) mass is 339 g/mol. The number of nitrogens with zero attached hydrogens (tertiary/aromatic N) is 3. The molecule has 0 fully saturated rings. The normalized spacial score (nSPS) is 19.0. The van der Waals surface area contributed by atoms with Gasteiger partial charge in [0.1, 0.15) is 5.82 Å². The Hall–Kier alpha value is -2.37. The molecular formula is C19H25N5O. The molecule has 6 nitrogen and oxygen atoms in total. The average molecular weight is 339 g/mol. The van der Waals surface area contributed by atoms with E-state index in [0.29, 0.717) is 19.0 Å². The Balaban J connectivity index is 1.30. The number of aromatic nitrogens is 3. The van der Waals surface area contributed by atoms with Gasteiger partial charge in [0.15, 0.2) is 5.82 Å². The second kappa shape index (κ2) is 7.25. The first-order chi connectivity index (χ1) is 12.3. The van der Waals surface area contributed by atoms with Crippen LogP contribution in [-0.4, -0.2) is 27.3 Å². The van der Waals surface area contributed by atoms with Crippen LogP contribution in [0, 0.1) is 0 Å². The van der Waals surface area contributed by atoms with E-state index >= 15 is 0 Å². The number of carbonyl (C=O) groups excluding carboxylic acids is 1. The minimum Gasteiger partial charge on any atom is -0.338 e. The third-order valence-electron chi connectivity index (χ3n) is 5.35. The third kappa shape index (κ3) is 3.52. The van der Waals surface area contributed by atoms with E-state index in [0.717, 1.165) is 43.9 Å². The zero-order valence-corrected chi connectivity index (χ0v) is 14.5. The highest BCUT2D eigenvalue weighted by molar-refractivity contribution is 5.73. The van der Waals surface area contributed by atoms with Crippen molar-refractivity contribution in [1.82, 2.24) is 25.4 Å². The summed E-state index contributed by atoms with van der Waals surface area (Å²) in [4.78, 5) is 12.2. The van der Waals surface area contributed by atoms with Crippen LogP contribution in [0.5, 0.6) is 0 Å². The maximum atomic E-state index is 12.2. The molecule has 0 unspecified atom stereocenters. The third-order valence-corrected chi connectivity index (χ3v) is 5.35. The highest BCUT2D eigenvalue weighted by Crippen LogP contribution is 2.30. The molecule has 2 N–H and O–H groups in total. The van der Waals surface area contributed by atoms with E-state index in [2.05, 4.69) is 49.7 Å². The molecule has 2 aromatic rings. The fraction of sp³-hybridized carbons (Fsp3) is 0.526. The summed E-state index contributed by atoms with van der Waals surface area (Å²) in [5.74, 6) is 2.31. The summed E-state index contributed by atoms with van der Waals surface area (Å²) in [6.45, 7) is 2.07. The maximum Gasteiger partial charge on any atom is 0.315 e. The first kappa shape index (κ1) is 16.1. The van der Waals surface area contributed by atoms with Crippen LogP contribution in [0.2, 0.25) is 0 Å². The lowest BCUT2D eigenvalue weighted by atomic mass is 9.83. The minimum atomic E-state index is -0.129. The van der Waals surface area contributed by atoms with Crippen LogP contribution in [0.3, 0.4) is 0 Å². The standard InChI is InChI=1S/C19H25N5O/c25-19(21-13-18-23-22-17-10-3-4-11-24(17)18)20-12-15-8-5-7-14-6-1-2-9-16(14)15/h1-2,6,9,15H,3-5,7-8,10-13H2,(H2,20,21,25)/t15-/m1/s1. The number of aryl methyl sites for hydroxylation is 2. The Labute approximate surface area is 148 Å². The molecule has 0 bridgehead atoms. The van der Waals surface area contributed by atoms with Crippen molar-refractivity contribution in [2.75, 3.05) is 6.54 Å². The molecule has 0 spiro atoms. The van der Waals surface area contributed by atoms with E-state index in [1.807, 2.05) is 0 Å². The SMILES string of the molecule is O=C(NCc1nnc2n1CCCC2)NC[C@H]1CCCc2ccccc21. The number of benzene rings is 1. The fourth-order valence-corrected chi connectivity index (χ4v) is 4.00. The first-order valence-electron chi connectivity index (χ1n) is 9.32. The molecule has 1 atom stereocenters. The molecule has 1 aromatic heterocycles. The quantitative estimate of drug-likeness (QED) is 0.899. The molecule has 2 amide bonds. The second-order valence-corrected chi connectivity index (χ2v) is 6.99. The van der Waals surface area contributed by atoms with Crippen molar-refractivity contribution >= 4 is 6.03 Å². The van der Waals surface area contributed by atoms with Crippen LogP contribution in [0.4, 0.5) is 4.79 Å². The highest BCUT2D eigenvalue weighted by atomic mass is 16.2. The average Bonchev–Trinajstić information content (AvgIpc) is 3.08. The van der Waals surface area contributed by atoms with Crippen LogP contribution >= 0.6 is 0 Å². The second-order valence-electron chi connectivity index (χ2n) is 6.99. The van der Waals surface area contributed by atoms with Gasteiger partial charge in [0, 0.05) is 25.4 Å². The van der Waals surface area contributed by atoms with Gasteiger partial charge in [-0.1, -0.05) is 24.3 Å². The van der Waals surface area contributed by atoms with Crippen LogP contribution < -0.4 is 10.6 Å². The topological polar surface area (TPSA) is 71.8 Å². The van der Waals surface area contributed by atoms with Gasteiger partial charge in [0.2, 0.25) is 0 Å². The van der Waals surface area contributed by atoms with Gasteiger partial charge in [-0.2, -0.15) is 0 Å². The van der Waals surface area contributed by atoms with E-state index in [-0.39, 0.29) is 6.03 Å². The Kier molecular flexibility index (Phi) is 4.68. The summed E-state index contributed by atoms with van der Waals surface area (Å²) >= 11 is 0. The van der Waals surface area contributed by atoms with Gasteiger partial charge in [-0.05, 0) is 43.2 Å². The van der Waals surface area contributed by atoms with E-state index in [9.17, 15) is 4.79 Å². The van der Waals surface area contributed by atoms with Crippen molar-refractivity contribution in [3.8, 4) is 0 Å². The lowest BCUT2D eigenvalue weighted by molar-refractivity contribution is 0.239. The Morgan fingerprint density at radius 2 is 2.04 bits per heavy atom. The zero-order chi connectivity index (χ0) is 17.1. The molecule has 132 valence electrons. The smallest absolute Gasteiger partial charge is 0.315 e. The molecule has 0 saturated carbocycles. The molecule has 6 heteroatoms. The van der Waals surface area contributed by atoms with Gasteiger partial charge < -0.3 is 15.2 Å². The summed E-state index contributed by atoms with van der Waals surface area (Å²) in [7, 11) is 0. The number of rotatable bonds is 4.